The summed E-state index contributed by atoms with van der Waals surface area (Å²) in [5.74, 6) is -0.856. The van der Waals surface area contributed by atoms with Crippen molar-refractivity contribution in [1.29, 1.82) is 0 Å². The summed E-state index contributed by atoms with van der Waals surface area (Å²) < 4.78 is 16.8. The summed E-state index contributed by atoms with van der Waals surface area (Å²) >= 11 is 0. The quantitative estimate of drug-likeness (QED) is 0.0262. The number of carbonyl (C=O) groups excluding carboxylic acids is 3. The Kier molecular flexibility index (Phi) is 52.2. The Hall–Kier alpha value is -1.85. The Labute approximate surface area is 399 Å². The van der Waals surface area contributed by atoms with Crippen molar-refractivity contribution in [2.75, 3.05) is 13.2 Å². The molecule has 0 heterocycles. The van der Waals surface area contributed by atoms with Gasteiger partial charge in [-0.3, -0.25) is 14.4 Å². The first-order valence-electron chi connectivity index (χ1n) is 28.7. The number of allylic oxidation sites excluding steroid dienone is 2. The van der Waals surface area contributed by atoms with Gasteiger partial charge in [0.25, 0.3) is 0 Å². The molecule has 0 spiro atoms. The van der Waals surface area contributed by atoms with E-state index in [2.05, 4.69) is 32.9 Å². The minimum Gasteiger partial charge on any atom is -0.462 e. The van der Waals surface area contributed by atoms with E-state index in [9.17, 15) is 14.4 Å². The Morgan fingerprint density at radius 3 is 0.812 bits per heavy atom. The maximum absolute atomic E-state index is 12.8. The van der Waals surface area contributed by atoms with Crippen molar-refractivity contribution in [1.82, 2.24) is 0 Å². The SMILES string of the molecule is CCCCC/C=C\CCCCCCCC(=O)OC(COC(=O)CCCCCCCCCCCCCC)COC(=O)CCCCCCCCCCCCCCCCCCCCCCCC. The van der Waals surface area contributed by atoms with Crippen molar-refractivity contribution in [2.24, 2.45) is 0 Å². The fourth-order valence-corrected chi connectivity index (χ4v) is 8.68. The Morgan fingerprint density at radius 2 is 0.516 bits per heavy atom. The first-order valence-corrected chi connectivity index (χ1v) is 28.7. The van der Waals surface area contributed by atoms with Crippen LogP contribution in [0.25, 0.3) is 0 Å². The average Bonchev–Trinajstić information content (AvgIpc) is 3.29. The van der Waals surface area contributed by atoms with Crippen molar-refractivity contribution in [2.45, 2.75) is 329 Å². The van der Waals surface area contributed by atoms with Crippen LogP contribution in [0, 0.1) is 0 Å². The van der Waals surface area contributed by atoms with Crippen molar-refractivity contribution in [3.8, 4) is 0 Å². The molecule has 0 fully saturated rings. The van der Waals surface area contributed by atoms with Crippen molar-refractivity contribution in [3.63, 3.8) is 0 Å². The second-order valence-corrected chi connectivity index (χ2v) is 19.6. The van der Waals surface area contributed by atoms with Crippen LogP contribution in [0.15, 0.2) is 12.2 Å². The largest absolute Gasteiger partial charge is 0.462 e. The molecule has 0 radical (unpaired) electrons. The zero-order valence-corrected chi connectivity index (χ0v) is 43.3. The van der Waals surface area contributed by atoms with Gasteiger partial charge in [0.2, 0.25) is 0 Å². The summed E-state index contributed by atoms with van der Waals surface area (Å²) in [5.41, 5.74) is 0. The highest BCUT2D eigenvalue weighted by Crippen LogP contribution is 2.17. The van der Waals surface area contributed by atoms with E-state index >= 15 is 0 Å². The van der Waals surface area contributed by atoms with Gasteiger partial charge in [0, 0.05) is 19.3 Å². The molecule has 6 heteroatoms. The van der Waals surface area contributed by atoms with Crippen LogP contribution < -0.4 is 0 Å². The highest BCUT2D eigenvalue weighted by Gasteiger charge is 2.19. The lowest BCUT2D eigenvalue weighted by Crippen LogP contribution is -2.30. The van der Waals surface area contributed by atoms with E-state index in [1.165, 1.54) is 218 Å². The van der Waals surface area contributed by atoms with Crippen LogP contribution in [0.3, 0.4) is 0 Å². The number of unbranched alkanes of at least 4 members (excludes halogenated alkanes) is 40. The molecule has 0 bridgehead atoms. The maximum atomic E-state index is 12.8. The fourth-order valence-electron chi connectivity index (χ4n) is 8.68. The number of rotatable bonds is 53. The molecule has 0 aromatic rings. The topological polar surface area (TPSA) is 78.9 Å². The molecule has 6 nitrogen and oxygen atoms in total. The molecular formula is C58H110O6. The van der Waals surface area contributed by atoms with Gasteiger partial charge in [0.15, 0.2) is 6.10 Å². The summed E-state index contributed by atoms with van der Waals surface area (Å²) in [7, 11) is 0. The summed E-state index contributed by atoms with van der Waals surface area (Å²) in [6, 6.07) is 0. The third-order valence-electron chi connectivity index (χ3n) is 13.0. The molecule has 0 N–H and O–H groups in total. The molecular weight excluding hydrogens is 793 g/mol. The van der Waals surface area contributed by atoms with Gasteiger partial charge in [-0.1, -0.05) is 270 Å². The van der Waals surface area contributed by atoms with E-state index in [1.54, 1.807) is 0 Å². The van der Waals surface area contributed by atoms with E-state index in [1.807, 2.05) is 0 Å². The summed E-state index contributed by atoms with van der Waals surface area (Å²) in [6.45, 7) is 6.66. The van der Waals surface area contributed by atoms with Gasteiger partial charge in [-0.05, 0) is 44.9 Å². The normalized spacial score (nSPS) is 12.0. The smallest absolute Gasteiger partial charge is 0.306 e. The molecule has 1 unspecified atom stereocenters. The van der Waals surface area contributed by atoms with Crippen LogP contribution in [0.2, 0.25) is 0 Å². The van der Waals surface area contributed by atoms with Gasteiger partial charge in [0.1, 0.15) is 13.2 Å². The number of hydrogen-bond acceptors (Lipinski definition) is 6. The molecule has 0 amide bonds. The Bertz CT molecular complexity index is 993. The van der Waals surface area contributed by atoms with E-state index < -0.39 is 6.10 Å². The van der Waals surface area contributed by atoms with Gasteiger partial charge in [-0.15, -0.1) is 0 Å². The second kappa shape index (κ2) is 53.8. The van der Waals surface area contributed by atoms with Gasteiger partial charge in [0.05, 0.1) is 0 Å². The molecule has 64 heavy (non-hydrogen) atoms. The lowest BCUT2D eigenvalue weighted by molar-refractivity contribution is -0.167. The molecule has 0 aliphatic rings. The molecule has 0 aromatic carbocycles. The molecule has 378 valence electrons. The molecule has 0 aliphatic carbocycles. The number of esters is 3. The third kappa shape index (κ3) is 51.1. The molecule has 0 aromatic heterocycles. The number of hydrogen-bond donors (Lipinski definition) is 0. The highest BCUT2D eigenvalue weighted by atomic mass is 16.6. The van der Waals surface area contributed by atoms with E-state index in [-0.39, 0.29) is 31.1 Å². The van der Waals surface area contributed by atoms with Gasteiger partial charge in [-0.2, -0.15) is 0 Å². The predicted octanol–water partition coefficient (Wildman–Crippen LogP) is 18.9. The molecule has 1 atom stereocenters. The molecule has 0 saturated heterocycles. The van der Waals surface area contributed by atoms with E-state index in [0.29, 0.717) is 19.3 Å². The zero-order valence-electron chi connectivity index (χ0n) is 43.3. The van der Waals surface area contributed by atoms with Gasteiger partial charge in [-0.25, -0.2) is 0 Å². The fraction of sp³-hybridized carbons (Fsp3) is 0.914. The van der Waals surface area contributed by atoms with Crippen molar-refractivity contribution < 1.29 is 28.6 Å². The lowest BCUT2D eigenvalue weighted by Gasteiger charge is -2.18. The monoisotopic (exact) mass is 903 g/mol. The first kappa shape index (κ1) is 62.1. The predicted molar refractivity (Wildman–Crippen MR) is 275 cm³/mol. The van der Waals surface area contributed by atoms with Crippen molar-refractivity contribution >= 4 is 17.9 Å². The minimum absolute atomic E-state index is 0.0677. The van der Waals surface area contributed by atoms with Crippen LogP contribution in [0.4, 0.5) is 0 Å². The number of carbonyl (C=O) groups is 3. The van der Waals surface area contributed by atoms with Crippen LogP contribution in [-0.4, -0.2) is 37.2 Å². The van der Waals surface area contributed by atoms with E-state index in [4.69, 9.17) is 14.2 Å². The average molecular weight is 904 g/mol. The van der Waals surface area contributed by atoms with Crippen LogP contribution in [0.5, 0.6) is 0 Å². The lowest BCUT2D eigenvalue weighted by atomic mass is 10.0. The second-order valence-electron chi connectivity index (χ2n) is 19.6. The summed E-state index contributed by atoms with van der Waals surface area (Å²) in [5, 5.41) is 0. The molecule has 0 saturated carbocycles. The van der Waals surface area contributed by atoms with Crippen LogP contribution in [0.1, 0.15) is 323 Å². The van der Waals surface area contributed by atoms with Crippen LogP contribution >= 0.6 is 0 Å². The summed E-state index contributed by atoms with van der Waals surface area (Å²) in [6.07, 6.45) is 60.7. The maximum Gasteiger partial charge on any atom is 0.306 e. The van der Waals surface area contributed by atoms with Gasteiger partial charge < -0.3 is 14.2 Å². The summed E-state index contributed by atoms with van der Waals surface area (Å²) in [4.78, 5) is 38.0. The highest BCUT2D eigenvalue weighted by molar-refractivity contribution is 5.71. The standard InChI is InChI=1S/C58H110O6/c1-4-7-10-13-16-19-22-25-26-27-28-29-30-31-32-33-34-37-39-42-45-48-51-57(60)63-54-55(64-58(61)52-49-46-43-40-36-24-21-18-15-12-9-6-3)53-62-56(59)50-47-44-41-38-35-23-20-17-14-11-8-5-2/h18,21,55H,4-17,19-20,22-54H2,1-3H3/b21-18-. The zero-order chi connectivity index (χ0) is 46.5. The van der Waals surface area contributed by atoms with Gasteiger partial charge >= 0.3 is 17.9 Å². The third-order valence-corrected chi connectivity index (χ3v) is 13.0. The Balaban J connectivity index is 4.20. The first-order chi connectivity index (χ1) is 31.5. The van der Waals surface area contributed by atoms with Crippen LogP contribution in [-0.2, 0) is 28.6 Å². The van der Waals surface area contributed by atoms with E-state index in [0.717, 1.165) is 64.2 Å². The Morgan fingerprint density at radius 1 is 0.297 bits per heavy atom. The van der Waals surface area contributed by atoms with Crippen molar-refractivity contribution in [3.05, 3.63) is 12.2 Å². The minimum atomic E-state index is -0.768. The molecule has 0 rings (SSSR count). The molecule has 0 aliphatic heterocycles. The number of ether oxygens (including phenoxy) is 3.